The lowest BCUT2D eigenvalue weighted by molar-refractivity contribution is 0.224. The maximum atomic E-state index is 9.61. The summed E-state index contributed by atoms with van der Waals surface area (Å²) >= 11 is 6.20. The van der Waals surface area contributed by atoms with E-state index in [0.29, 0.717) is 35.7 Å². The van der Waals surface area contributed by atoms with Gasteiger partial charge < -0.3 is 18.9 Å². The summed E-state index contributed by atoms with van der Waals surface area (Å²) in [5, 5.41) is 13.6. The van der Waals surface area contributed by atoms with Crippen LogP contribution in [0.5, 0.6) is 5.75 Å². The highest BCUT2D eigenvalue weighted by Gasteiger charge is 2.26. The predicted molar refractivity (Wildman–Crippen MR) is 133 cm³/mol. The summed E-state index contributed by atoms with van der Waals surface area (Å²) in [6.07, 6.45) is 4.03. The van der Waals surface area contributed by atoms with E-state index in [2.05, 4.69) is 21.3 Å². The Hall–Kier alpha value is -3.73. The number of furan rings is 1. The molecule has 1 aliphatic heterocycles. The average Bonchev–Trinajstić information content (AvgIpc) is 3.67. The monoisotopic (exact) mass is 488 g/mol. The lowest BCUT2D eigenvalue weighted by Crippen LogP contribution is -2.30. The van der Waals surface area contributed by atoms with Crippen molar-refractivity contribution >= 4 is 17.5 Å². The zero-order valence-corrected chi connectivity index (χ0v) is 19.9. The van der Waals surface area contributed by atoms with Gasteiger partial charge in [-0.05, 0) is 68.4 Å². The van der Waals surface area contributed by atoms with Gasteiger partial charge in [-0.3, -0.25) is 4.90 Å². The molecular formula is C27H25ClN4O3. The normalized spacial score (nSPS) is 14.5. The Labute approximate surface area is 208 Å². The van der Waals surface area contributed by atoms with Gasteiger partial charge in [0.15, 0.2) is 0 Å². The lowest BCUT2D eigenvalue weighted by atomic mass is 10.2. The third-order valence-electron chi connectivity index (χ3n) is 6.10. The van der Waals surface area contributed by atoms with Crippen LogP contribution in [0.2, 0.25) is 5.02 Å². The summed E-state index contributed by atoms with van der Waals surface area (Å²) in [5.74, 6) is 2.32. The molecule has 7 nitrogen and oxygen atoms in total. The maximum absolute atomic E-state index is 9.61. The van der Waals surface area contributed by atoms with Gasteiger partial charge in [-0.25, -0.2) is 0 Å². The van der Waals surface area contributed by atoms with Crippen molar-refractivity contribution in [3.8, 4) is 23.3 Å². The van der Waals surface area contributed by atoms with Crippen LogP contribution in [0.15, 0.2) is 75.8 Å². The molecule has 0 unspecified atom stereocenters. The van der Waals surface area contributed by atoms with Crippen LogP contribution >= 0.6 is 11.6 Å². The SMILES string of the molecule is N#Cc1nc(-c2ccc(OCc3ccccc3Cl)cc2)oc1NC[C@H](c1ccco1)N1CCCC1. The Kier molecular flexibility index (Phi) is 7.03. The molecule has 5 rings (SSSR count). The van der Waals surface area contributed by atoms with E-state index in [1.54, 1.807) is 6.26 Å². The van der Waals surface area contributed by atoms with Gasteiger partial charge >= 0.3 is 0 Å². The quantitative estimate of drug-likeness (QED) is 0.296. The smallest absolute Gasteiger partial charge is 0.232 e. The van der Waals surface area contributed by atoms with E-state index in [0.717, 1.165) is 30.0 Å². The van der Waals surface area contributed by atoms with Gasteiger partial charge in [0.25, 0.3) is 0 Å². The molecule has 0 saturated carbocycles. The van der Waals surface area contributed by atoms with Gasteiger partial charge in [-0.2, -0.15) is 10.2 Å². The van der Waals surface area contributed by atoms with E-state index in [4.69, 9.17) is 25.2 Å². The number of aromatic nitrogens is 1. The molecule has 0 aliphatic carbocycles. The van der Waals surface area contributed by atoms with Crippen molar-refractivity contribution < 1.29 is 13.6 Å². The van der Waals surface area contributed by atoms with Crippen LogP contribution in [-0.2, 0) is 6.61 Å². The van der Waals surface area contributed by atoms with Gasteiger partial charge in [0, 0.05) is 22.7 Å². The van der Waals surface area contributed by atoms with E-state index in [1.807, 2.05) is 60.7 Å². The number of nitrogens with one attached hydrogen (secondary N) is 1. The minimum atomic E-state index is 0.0575. The first-order chi connectivity index (χ1) is 17.2. The third-order valence-corrected chi connectivity index (χ3v) is 6.46. The summed E-state index contributed by atoms with van der Waals surface area (Å²) in [4.78, 5) is 6.77. The van der Waals surface area contributed by atoms with Gasteiger partial charge in [-0.1, -0.05) is 29.8 Å². The van der Waals surface area contributed by atoms with Crippen molar-refractivity contribution in [3.63, 3.8) is 0 Å². The fourth-order valence-electron chi connectivity index (χ4n) is 4.24. The van der Waals surface area contributed by atoms with Crippen LogP contribution in [0, 0.1) is 11.3 Å². The Morgan fingerprint density at radius 1 is 1.09 bits per heavy atom. The van der Waals surface area contributed by atoms with Crippen molar-refractivity contribution in [1.82, 2.24) is 9.88 Å². The lowest BCUT2D eigenvalue weighted by Gasteiger charge is -2.25. The zero-order valence-electron chi connectivity index (χ0n) is 19.1. The topological polar surface area (TPSA) is 87.5 Å². The molecule has 1 aliphatic rings. The van der Waals surface area contributed by atoms with Crippen molar-refractivity contribution in [2.24, 2.45) is 0 Å². The molecule has 1 atom stereocenters. The van der Waals surface area contributed by atoms with E-state index in [-0.39, 0.29) is 11.7 Å². The van der Waals surface area contributed by atoms with E-state index >= 15 is 0 Å². The number of nitrogens with zero attached hydrogens (tertiary/aromatic N) is 3. The molecular weight excluding hydrogens is 464 g/mol. The van der Waals surface area contributed by atoms with Gasteiger partial charge in [0.05, 0.1) is 12.3 Å². The van der Waals surface area contributed by atoms with E-state index in [1.165, 1.54) is 12.8 Å². The molecule has 4 aromatic rings. The van der Waals surface area contributed by atoms with Gasteiger partial charge in [-0.15, -0.1) is 0 Å². The molecule has 3 heterocycles. The highest BCUT2D eigenvalue weighted by molar-refractivity contribution is 6.31. The van der Waals surface area contributed by atoms with Crippen LogP contribution in [-0.4, -0.2) is 29.5 Å². The minimum Gasteiger partial charge on any atom is -0.489 e. The highest BCUT2D eigenvalue weighted by Crippen LogP contribution is 2.30. The fourth-order valence-corrected chi connectivity index (χ4v) is 4.43. The van der Waals surface area contributed by atoms with Crippen molar-refractivity contribution in [1.29, 1.82) is 5.26 Å². The summed E-state index contributed by atoms with van der Waals surface area (Å²) in [5.41, 5.74) is 1.89. The second kappa shape index (κ2) is 10.7. The number of rotatable bonds is 9. The van der Waals surface area contributed by atoms with Crippen LogP contribution < -0.4 is 10.1 Å². The number of oxazole rings is 1. The second-order valence-corrected chi connectivity index (χ2v) is 8.78. The molecule has 0 spiro atoms. The van der Waals surface area contributed by atoms with Crippen LogP contribution in [0.25, 0.3) is 11.5 Å². The van der Waals surface area contributed by atoms with E-state index in [9.17, 15) is 5.26 Å². The van der Waals surface area contributed by atoms with E-state index < -0.39 is 0 Å². The molecule has 1 fully saturated rings. The molecule has 2 aromatic heterocycles. The first kappa shape index (κ1) is 23.0. The molecule has 0 amide bonds. The van der Waals surface area contributed by atoms with Crippen LogP contribution in [0.1, 0.15) is 35.9 Å². The minimum absolute atomic E-state index is 0.0575. The number of anilines is 1. The molecule has 0 radical (unpaired) electrons. The Morgan fingerprint density at radius 2 is 1.89 bits per heavy atom. The Balaban J connectivity index is 1.27. The Morgan fingerprint density at radius 3 is 2.60 bits per heavy atom. The fraction of sp³-hybridized carbons (Fsp3) is 0.259. The first-order valence-corrected chi connectivity index (χ1v) is 12.0. The third kappa shape index (κ3) is 5.35. The second-order valence-electron chi connectivity index (χ2n) is 8.37. The predicted octanol–water partition coefficient (Wildman–Crippen LogP) is 6.29. The summed E-state index contributed by atoms with van der Waals surface area (Å²) in [6, 6.07) is 21.0. The molecule has 8 heteroatoms. The van der Waals surface area contributed by atoms with Gasteiger partial charge in [0.1, 0.15) is 24.2 Å². The zero-order chi connectivity index (χ0) is 24.0. The molecule has 35 heavy (non-hydrogen) atoms. The number of hydrogen-bond donors (Lipinski definition) is 1. The number of halogens is 1. The standard InChI is InChI=1S/C27H25ClN4O3/c28-22-7-2-1-6-20(22)18-34-21-11-9-19(10-12-21)26-31-23(16-29)27(35-26)30-17-24(25-8-5-15-33-25)32-13-3-4-14-32/h1-2,5-12,15,24,30H,3-4,13-14,17-18H2/t24-/m1/s1. The molecule has 178 valence electrons. The molecule has 1 saturated heterocycles. The van der Waals surface area contributed by atoms with Crippen LogP contribution in [0.3, 0.4) is 0 Å². The largest absolute Gasteiger partial charge is 0.489 e. The summed E-state index contributed by atoms with van der Waals surface area (Å²) in [6.45, 7) is 2.96. The Bertz CT molecular complexity index is 1290. The average molecular weight is 489 g/mol. The molecule has 0 bridgehead atoms. The summed E-state index contributed by atoms with van der Waals surface area (Å²) in [7, 11) is 0. The van der Waals surface area contributed by atoms with Crippen molar-refractivity contribution in [2.45, 2.75) is 25.5 Å². The number of benzene rings is 2. The molecule has 1 N–H and O–H groups in total. The number of likely N-dealkylation sites (tertiary alicyclic amines) is 1. The highest BCUT2D eigenvalue weighted by atomic mass is 35.5. The maximum Gasteiger partial charge on any atom is 0.232 e. The van der Waals surface area contributed by atoms with Crippen molar-refractivity contribution in [3.05, 3.63) is 89.0 Å². The summed E-state index contributed by atoms with van der Waals surface area (Å²) < 4.78 is 17.5. The van der Waals surface area contributed by atoms with Crippen molar-refractivity contribution in [2.75, 3.05) is 25.0 Å². The molecule has 2 aromatic carbocycles. The number of ether oxygens (including phenoxy) is 1. The van der Waals surface area contributed by atoms with Gasteiger partial charge in [0.2, 0.25) is 17.5 Å². The van der Waals surface area contributed by atoms with Crippen LogP contribution in [0.4, 0.5) is 5.88 Å². The first-order valence-electron chi connectivity index (χ1n) is 11.6. The number of nitriles is 1. The number of hydrogen-bond acceptors (Lipinski definition) is 7.